The Morgan fingerprint density at radius 3 is 1.90 bits per heavy atom. The molecule has 4 nitrogen and oxygen atoms in total. The number of fused-ring (bicyclic) bond motifs is 3. The molecule has 0 saturated heterocycles. The fourth-order valence-corrected chi connectivity index (χ4v) is 6.46. The summed E-state index contributed by atoms with van der Waals surface area (Å²) in [5.41, 5.74) is 12.1. The SMILES string of the molecule is CC(C)(C)c1cncc(-c2ccc3c(c2)c2ccccc2n3-c2cc(-c3cccc(-c4cccc(C(C)(C)C)n4)c3)cc(C(C)(C)C)n2)c1. The lowest BCUT2D eigenvalue weighted by Gasteiger charge is -2.21. The highest BCUT2D eigenvalue weighted by Crippen LogP contribution is 2.38. The standard InChI is InChI=1S/C45H46N4/c1-43(2,3)34-23-33(27-46-28-34)30-20-21-39-36(24-30)35-16-10-11-18-38(35)49(39)42-26-32(25-41(48-42)45(7,8)9)29-14-12-15-31(22-29)37-17-13-19-40(47-37)44(4,5)6/h10-28H,1-9H3. The van der Waals surface area contributed by atoms with Crippen molar-refractivity contribution in [3.05, 3.63) is 132 Å². The number of aromatic nitrogens is 4. The van der Waals surface area contributed by atoms with E-state index in [9.17, 15) is 0 Å². The van der Waals surface area contributed by atoms with Gasteiger partial charge in [-0.05, 0) is 82.3 Å². The number of benzene rings is 3. The minimum Gasteiger partial charge on any atom is -0.294 e. The lowest BCUT2D eigenvalue weighted by molar-refractivity contribution is 0.568. The van der Waals surface area contributed by atoms with Crippen molar-refractivity contribution >= 4 is 21.8 Å². The Kier molecular flexibility index (Phi) is 7.82. The molecule has 0 spiro atoms. The highest BCUT2D eigenvalue weighted by atomic mass is 15.1. The van der Waals surface area contributed by atoms with Crippen molar-refractivity contribution in [2.45, 2.75) is 78.6 Å². The number of hydrogen-bond donors (Lipinski definition) is 0. The van der Waals surface area contributed by atoms with Gasteiger partial charge in [-0.3, -0.25) is 14.5 Å². The second kappa shape index (κ2) is 11.8. The minimum atomic E-state index is -0.151. The van der Waals surface area contributed by atoms with Gasteiger partial charge in [0.2, 0.25) is 0 Å². The van der Waals surface area contributed by atoms with Gasteiger partial charge in [-0.15, -0.1) is 0 Å². The molecule has 0 aliphatic rings. The minimum absolute atomic E-state index is 0.0222. The van der Waals surface area contributed by atoms with E-state index < -0.39 is 0 Å². The molecule has 0 saturated carbocycles. The Morgan fingerprint density at radius 2 is 1.14 bits per heavy atom. The van der Waals surface area contributed by atoms with Crippen LogP contribution in [-0.2, 0) is 16.2 Å². The fraction of sp³-hybridized carbons (Fsp3) is 0.267. The second-order valence-electron chi connectivity index (χ2n) is 16.4. The summed E-state index contributed by atoms with van der Waals surface area (Å²) in [6.45, 7) is 20.0. The van der Waals surface area contributed by atoms with Crippen molar-refractivity contribution in [1.29, 1.82) is 0 Å². The third kappa shape index (κ3) is 6.28. The van der Waals surface area contributed by atoms with E-state index in [1.54, 1.807) is 0 Å². The van der Waals surface area contributed by atoms with Crippen LogP contribution in [0.4, 0.5) is 0 Å². The largest absolute Gasteiger partial charge is 0.294 e. The normalized spacial score (nSPS) is 12.6. The van der Waals surface area contributed by atoms with E-state index in [2.05, 4.69) is 175 Å². The molecular weight excluding hydrogens is 597 g/mol. The first-order chi connectivity index (χ1) is 23.2. The van der Waals surface area contributed by atoms with Crippen LogP contribution in [0.3, 0.4) is 0 Å². The summed E-state index contributed by atoms with van der Waals surface area (Å²) in [6, 6.07) is 37.3. The fourth-order valence-electron chi connectivity index (χ4n) is 6.46. The maximum absolute atomic E-state index is 5.35. The molecule has 0 aliphatic carbocycles. The molecule has 4 aromatic heterocycles. The summed E-state index contributed by atoms with van der Waals surface area (Å²) in [6.07, 6.45) is 3.95. The van der Waals surface area contributed by atoms with Crippen LogP contribution in [0.5, 0.6) is 0 Å². The lowest BCUT2D eigenvalue weighted by atomic mass is 9.87. The Labute approximate surface area is 290 Å². The van der Waals surface area contributed by atoms with Crippen LogP contribution in [0, 0.1) is 0 Å². The molecule has 7 aromatic rings. The number of pyridine rings is 3. The van der Waals surface area contributed by atoms with Gasteiger partial charge < -0.3 is 0 Å². The summed E-state index contributed by atoms with van der Waals surface area (Å²) < 4.78 is 2.33. The molecule has 246 valence electrons. The molecule has 0 aliphatic heterocycles. The van der Waals surface area contributed by atoms with E-state index in [-0.39, 0.29) is 16.2 Å². The summed E-state index contributed by atoms with van der Waals surface area (Å²) in [4.78, 5) is 15.0. The van der Waals surface area contributed by atoms with E-state index in [0.717, 1.165) is 61.8 Å². The molecule has 0 N–H and O–H groups in total. The van der Waals surface area contributed by atoms with Gasteiger partial charge in [0.05, 0.1) is 16.7 Å². The average Bonchev–Trinajstić information content (AvgIpc) is 3.41. The van der Waals surface area contributed by atoms with Crippen molar-refractivity contribution in [2.75, 3.05) is 0 Å². The van der Waals surface area contributed by atoms with Gasteiger partial charge in [0.1, 0.15) is 5.82 Å². The van der Waals surface area contributed by atoms with Crippen LogP contribution < -0.4 is 0 Å². The maximum atomic E-state index is 5.35. The monoisotopic (exact) mass is 642 g/mol. The highest BCUT2D eigenvalue weighted by Gasteiger charge is 2.22. The Hall–Kier alpha value is -5.09. The first-order valence-electron chi connectivity index (χ1n) is 17.3. The lowest BCUT2D eigenvalue weighted by Crippen LogP contribution is -2.15. The molecule has 0 bridgehead atoms. The third-order valence-electron chi connectivity index (χ3n) is 9.43. The van der Waals surface area contributed by atoms with Crippen LogP contribution >= 0.6 is 0 Å². The first kappa shape index (κ1) is 32.5. The summed E-state index contributed by atoms with van der Waals surface area (Å²) in [5, 5.41) is 2.40. The van der Waals surface area contributed by atoms with Gasteiger partial charge in [0.15, 0.2) is 0 Å². The van der Waals surface area contributed by atoms with Crippen molar-refractivity contribution < 1.29 is 0 Å². The van der Waals surface area contributed by atoms with Crippen molar-refractivity contribution in [3.8, 4) is 39.3 Å². The first-order valence-corrected chi connectivity index (χ1v) is 17.3. The third-order valence-corrected chi connectivity index (χ3v) is 9.43. The van der Waals surface area contributed by atoms with Gasteiger partial charge in [0.25, 0.3) is 0 Å². The van der Waals surface area contributed by atoms with E-state index in [0.29, 0.717) is 0 Å². The molecule has 4 heteroatoms. The van der Waals surface area contributed by atoms with Crippen LogP contribution in [0.15, 0.2) is 116 Å². The van der Waals surface area contributed by atoms with Gasteiger partial charge in [-0.2, -0.15) is 0 Å². The number of nitrogens with zero attached hydrogens (tertiary/aromatic N) is 4. The highest BCUT2D eigenvalue weighted by molar-refractivity contribution is 6.10. The molecule has 3 aromatic carbocycles. The number of para-hydroxylation sites is 1. The van der Waals surface area contributed by atoms with Crippen molar-refractivity contribution in [3.63, 3.8) is 0 Å². The van der Waals surface area contributed by atoms with Gasteiger partial charge in [-0.1, -0.05) is 111 Å². The Bertz CT molecular complexity index is 2340. The zero-order valence-corrected chi connectivity index (χ0v) is 30.3. The molecular formula is C45H46N4. The van der Waals surface area contributed by atoms with Gasteiger partial charge in [0, 0.05) is 56.5 Å². The van der Waals surface area contributed by atoms with E-state index in [1.165, 1.54) is 16.3 Å². The van der Waals surface area contributed by atoms with Crippen molar-refractivity contribution in [2.24, 2.45) is 0 Å². The van der Waals surface area contributed by atoms with E-state index in [4.69, 9.17) is 9.97 Å². The van der Waals surface area contributed by atoms with Crippen LogP contribution in [0.1, 0.15) is 79.3 Å². The van der Waals surface area contributed by atoms with Crippen LogP contribution in [0.2, 0.25) is 0 Å². The summed E-state index contributed by atoms with van der Waals surface area (Å²) in [7, 11) is 0. The van der Waals surface area contributed by atoms with E-state index in [1.807, 2.05) is 12.4 Å². The molecule has 0 unspecified atom stereocenters. The molecule has 0 atom stereocenters. The number of rotatable bonds is 4. The quantitative estimate of drug-likeness (QED) is 0.192. The average molecular weight is 643 g/mol. The Morgan fingerprint density at radius 1 is 0.449 bits per heavy atom. The zero-order valence-electron chi connectivity index (χ0n) is 30.3. The van der Waals surface area contributed by atoms with E-state index >= 15 is 0 Å². The summed E-state index contributed by atoms with van der Waals surface area (Å²) >= 11 is 0. The molecule has 7 rings (SSSR count). The molecule has 4 heterocycles. The predicted molar refractivity (Wildman–Crippen MR) is 207 cm³/mol. The Balaban J connectivity index is 1.40. The second-order valence-corrected chi connectivity index (χ2v) is 16.4. The van der Waals surface area contributed by atoms with Crippen LogP contribution in [-0.4, -0.2) is 19.5 Å². The molecule has 0 radical (unpaired) electrons. The number of hydrogen-bond acceptors (Lipinski definition) is 3. The molecule has 49 heavy (non-hydrogen) atoms. The summed E-state index contributed by atoms with van der Waals surface area (Å²) in [5.74, 6) is 0.913. The predicted octanol–water partition coefficient (Wildman–Crippen LogP) is 11.9. The smallest absolute Gasteiger partial charge is 0.138 e. The maximum Gasteiger partial charge on any atom is 0.138 e. The van der Waals surface area contributed by atoms with Crippen LogP contribution in [0.25, 0.3) is 61.1 Å². The van der Waals surface area contributed by atoms with Gasteiger partial charge in [-0.25, -0.2) is 4.98 Å². The molecule has 0 amide bonds. The van der Waals surface area contributed by atoms with Gasteiger partial charge >= 0.3 is 0 Å². The van der Waals surface area contributed by atoms with Crippen molar-refractivity contribution in [1.82, 2.24) is 19.5 Å². The topological polar surface area (TPSA) is 43.6 Å². The zero-order chi connectivity index (χ0) is 34.7. The molecule has 0 fully saturated rings.